The Labute approximate surface area is 262 Å². The summed E-state index contributed by atoms with van der Waals surface area (Å²) in [5.41, 5.74) is 3.62. The largest absolute Gasteiger partial charge is 0.493 e. The van der Waals surface area contributed by atoms with Gasteiger partial charge in [0.2, 0.25) is 0 Å². The normalized spacial score (nSPS) is 14.6. The molecule has 3 aromatic carbocycles. The Hall–Kier alpha value is -4.87. The third-order valence-electron chi connectivity index (χ3n) is 7.96. The molecule has 10 nitrogen and oxygen atoms in total. The molecule has 1 atom stereocenters. The van der Waals surface area contributed by atoms with Gasteiger partial charge in [-0.15, -0.1) is 0 Å². The van der Waals surface area contributed by atoms with Crippen molar-refractivity contribution in [2.45, 2.75) is 24.8 Å². The van der Waals surface area contributed by atoms with Crippen molar-refractivity contribution in [3.05, 3.63) is 107 Å². The summed E-state index contributed by atoms with van der Waals surface area (Å²) in [6.45, 7) is 5.89. The number of pyridine rings is 1. The number of piperazine rings is 1. The van der Waals surface area contributed by atoms with Crippen molar-refractivity contribution in [1.82, 2.24) is 28.8 Å². The van der Waals surface area contributed by atoms with Crippen molar-refractivity contribution in [2.24, 2.45) is 0 Å². The number of rotatable bonds is 9. The second-order valence-electron chi connectivity index (χ2n) is 11.0. The van der Waals surface area contributed by atoms with Crippen LogP contribution in [0, 0.1) is 0 Å². The van der Waals surface area contributed by atoms with E-state index in [1.807, 2.05) is 82.5 Å². The van der Waals surface area contributed by atoms with Crippen molar-refractivity contribution in [3.8, 4) is 17.1 Å². The van der Waals surface area contributed by atoms with Crippen molar-refractivity contribution < 1.29 is 8.95 Å². The minimum absolute atomic E-state index is 0.261. The topological polar surface area (TPSA) is 109 Å². The molecule has 6 aromatic rings. The fraction of sp³-hybridized carbons (Fsp3) is 0.235. The molecule has 0 bridgehead atoms. The maximum absolute atomic E-state index is 13.8. The molecule has 1 unspecified atom stereocenters. The third kappa shape index (κ3) is 5.96. The lowest BCUT2D eigenvalue weighted by Crippen LogP contribution is -2.47. The van der Waals surface area contributed by atoms with E-state index in [-0.39, 0.29) is 5.56 Å². The van der Waals surface area contributed by atoms with Gasteiger partial charge in [-0.05, 0) is 54.4 Å². The number of hydrogen-bond donors (Lipinski definition) is 1. The Morgan fingerprint density at radius 2 is 1.73 bits per heavy atom. The number of H-pyrrole nitrogens is 1. The number of hydrogen-bond acceptors (Lipinski definition) is 7. The van der Waals surface area contributed by atoms with E-state index in [2.05, 4.69) is 32.0 Å². The van der Waals surface area contributed by atoms with Gasteiger partial charge >= 0.3 is 0 Å². The van der Waals surface area contributed by atoms with Crippen molar-refractivity contribution in [2.75, 3.05) is 37.7 Å². The standard InChI is InChI=1S/C34H33N7O3S/c1-2-18-44-31-12-11-25(45(43)41-16-14-39(15-17-41)32-10-6-7-13-35-32)19-27(31)33-37-28-21-29-30(20-26(28)34(42)38-33)40(23-36-29)22-24-8-4-3-5-9-24/h3-13,19-21,23H,2,14-18,22H2,1H3,(H,37,38,42). The number of fused-ring (bicyclic) bond motifs is 2. The van der Waals surface area contributed by atoms with Crippen LogP contribution in [0.4, 0.5) is 5.82 Å². The predicted molar refractivity (Wildman–Crippen MR) is 177 cm³/mol. The van der Waals surface area contributed by atoms with Crippen LogP contribution < -0.4 is 15.2 Å². The van der Waals surface area contributed by atoms with E-state index in [1.54, 1.807) is 12.5 Å². The van der Waals surface area contributed by atoms with Crippen LogP contribution in [0.2, 0.25) is 0 Å². The van der Waals surface area contributed by atoms with E-state index < -0.39 is 11.0 Å². The molecule has 3 aromatic heterocycles. The van der Waals surface area contributed by atoms with Gasteiger partial charge in [0, 0.05) is 38.9 Å². The van der Waals surface area contributed by atoms with E-state index >= 15 is 0 Å². The first-order valence-electron chi connectivity index (χ1n) is 15.1. The van der Waals surface area contributed by atoms with Crippen LogP contribution >= 0.6 is 0 Å². The molecule has 0 saturated carbocycles. The second kappa shape index (κ2) is 12.6. The quantitative estimate of drug-likeness (QED) is 0.242. The first kappa shape index (κ1) is 28.9. The van der Waals surface area contributed by atoms with E-state index in [4.69, 9.17) is 9.72 Å². The van der Waals surface area contributed by atoms with Gasteiger partial charge in [0.25, 0.3) is 5.56 Å². The Morgan fingerprint density at radius 1 is 0.911 bits per heavy atom. The van der Waals surface area contributed by atoms with Gasteiger partial charge in [-0.2, -0.15) is 0 Å². The van der Waals surface area contributed by atoms with E-state index in [1.165, 1.54) is 0 Å². The van der Waals surface area contributed by atoms with Crippen LogP contribution in [-0.2, 0) is 17.5 Å². The highest BCUT2D eigenvalue weighted by molar-refractivity contribution is 7.82. The van der Waals surface area contributed by atoms with Gasteiger partial charge < -0.3 is 19.2 Å². The number of aromatic amines is 1. The van der Waals surface area contributed by atoms with Crippen LogP contribution in [0.5, 0.6) is 5.75 Å². The highest BCUT2D eigenvalue weighted by Crippen LogP contribution is 2.32. The maximum atomic E-state index is 13.8. The Bertz CT molecular complexity index is 2040. The zero-order valence-corrected chi connectivity index (χ0v) is 25.7. The lowest BCUT2D eigenvalue weighted by Gasteiger charge is -2.34. The molecule has 7 rings (SSSR count). The van der Waals surface area contributed by atoms with Gasteiger partial charge in [-0.1, -0.05) is 43.3 Å². The number of ether oxygens (including phenoxy) is 1. The molecule has 1 N–H and O–H groups in total. The van der Waals surface area contributed by atoms with E-state index in [9.17, 15) is 9.00 Å². The fourth-order valence-electron chi connectivity index (χ4n) is 5.64. The Kier molecular flexibility index (Phi) is 8.10. The molecule has 45 heavy (non-hydrogen) atoms. The molecule has 0 amide bonds. The summed E-state index contributed by atoms with van der Waals surface area (Å²) in [5.74, 6) is 1.86. The van der Waals surface area contributed by atoms with Crippen molar-refractivity contribution in [1.29, 1.82) is 0 Å². The van der Waals surface area contributed by atoms with Crippen LogP contribution in [0.3, 0.4) is 0 Å². The van der Waals surface area contributed by atoms with Crippen LogP contribution in [0.1, 0.15) is 18.9 Å². The Morgan fingerprint density at radius 3 is 2.51 bits per heavy atom. The number of nitrogens with one attached hydrogen (secondary N) is 1. The molecule has 0 aliphatic carbocycles. The van der Waals surface area contributed by atoms with Gasteiger partial charge in [-0.3, -0.25) is 4.79 Å². The molecular formula is C34H33N7O3S. The molecule has 1 saturated heterocycles. The molecule has 1 aliphatic rings. The van der Waals surface area contributed by atoms with Gasteiger partial charge in [-0.25, -0.2) is 23.5 Å². The molecule has 0 spiro atoms. The second-order valence-corrected chi connectivity index (χ2v) is 12.5. The number of aromatic nitrogens is 5. The molecule has 1 fully saturated rings. The number of nitrogens with zero attached hydrogens (tertiary/aromatic N) is 6. The predicted octanol–water partition coefficient (Wildman–Crippen LogP) is 5.02. The van der Waals surface area contributed by atoms with Crippen LogP contribution in [-0.4, -0.2) is 65.8 Å². The Balaban J connectivity index is 1.20. The van der Waals surface area contributed by atoms with Crippen molar-refractivity contribution >= 4 is 38.7 Å². The van der Waals surface area contributed by atoms with Crippen molar-refractivity contribution in [3.63, 3.8) is 0 Å². The monoisotopic (exact) mass is 619 g/mol. The molecule has 11 heteroatoms. The molecule has 0 radical (unpaired) electrons. The third-order valence-corrected chi connectivity index (χ3v) is 9.45. The number of anilines is 1. The average Bonchev–Trinajstić information content (AvgIpc) is 3.48. The summed E-state index contributed by atoms with van der Waals surface area (Å²) in [4.78, 5) is 33.2. The highest BCUT2D eigenvalue weighted by atomic mass is 32.2. The van der Waals surface area contributed by atoms with Gasteiger partial charge in [0.15, 0.2) is 0 Å². The van der Waals surface area contributed by atoms with E-state index in [0.29, 0.717) is 59.2 Å². The molecule has 4 heterocycles. The summed E-state index contributed by atoms with van der Waals surface area (Å²) >= 11 is 0. The van der Waals surface area contributed by atoms with Crippen LogP contribution in [0.25, 0.3) is 33.3 Å². The minimum atomic E-state index is -1.41. The first-order valence-corrected chi connectivity index (χ1v) is 16.2. The molecular weight excluding hydrogens is 586 g/mol. The SMILES string of the molecule is CCCOc1ccc(S(=O)N2CCN(c3ccccn3)CC2)cc1-c1nc2cc3ncn(Cc4ccccc4)c3cc2c(=O)[nH]1. The molecule has 228 valence electrons. The van der Waals surface area contributed by atoms with Crippen LogP contribution in [0.15, 0.2) is 101 Å². The van der Waals surface area contributed by atoms with Gasteiger partial charge in [0.05, 0.1) is 45.3 Å². The maximum Gasteiger partial charge on any atom is 0.259 e. The summed E-state index contributed by atoms with van der Waals surface area (Å²) in [5, 5.41) is 0.475. The lowest BCUT2D eigenvalue weighted by molar-refractivity contribution is 0.318. The number of imidazole rings is 1. The van der Waals surface area contributed by atoms with Gasteiger partial charge in [0.1, 0.15) is 28.4 Å². The van der Waals surface area contributed by atoms with E-state index in [0.717, 1.165) is 41.9 Å². The fourth-order valence-corrected chi connectivity index (χ4v) is 6.83. The summed E-state index contributed by atoms with van der Waals surface area (Å²) in [7, 11) is -1.41. The zero-order chi connectivity index (χ0) is 30.8. The minimum Gasteiger partial charge on any atom is -0.493 e. The highest BCUT2D eigenvalue weighted by Gasteiger charge is 2.24. The lowest BCUT2D eigenvalue weighted by atomic mass is 10.1. The average molecular weight is 620 g/mol. The zero-order valence-electron chi connectivity index (χ0n) is 24.9. The summed E-state index contributed by atoms with van der Waals surface area (Å²) < 4.78 is 23.8. The smallest absolute Gasteiger partial charge is 0.259 e. The molecule has 1 aliphatic heterocycles. The number of benzene rings is 3. The first-order chi connectivity index (χ1) is 22.1. The summed E-state index contributed by atoms with van der Waals surface area (Å²) in [6, 6.07) is 25.2. The summed E-state index contributed by atoms with van der Waals surface area (Å²) in [6.07, 6.45) is 4.40.